The zero-order valence-corrected chi connectivity index (χ0v) is 12.2. The summed E-state index contributed by atoms with van der Waals surface area (Å²) >= 11 is 11.1. The van der Waals surface area contributed by atoms with Crippen LogP contribution < -0.4 is 10.6 Å². The minimum absolute atomic E-state index is 0.00487. The smallest absolute Gasteiger partial charge is 0.239 e. The summed E-state index contributed by atoms with van der Waals surface area (Å²) in [5, 5.41) is 7.17. The van der Waals surface area contributed by atoms with Crippen molar-refractivity contribution >= 4 is 40.5 Å². The number of carbonyl (C=O) groups is 1. The number of carbonyl (C=O) groups excluding carboxylic acids is 1. The molecule has 1 saturated carbocycles. The number of likely N-dealkylation sites (N-methyl/N-ethyl adjacent to an activating group) is 1. The Balaban J connectivity index is 1.80. The van der Waals surface area contributed by atoms with E-state index in [1.165, 1.54) is 0 Å². The third-order valence-corrected chi connectivity index (χ3v) is 3.43. The Kier molecular flexibility index (Phi) is 4.61. The molecule has 6 heteroatoms. The number of hydrogen-bond acceptors (Lipinski definition) is 2. The van der Waals surface area contributed by atoms with E-state index in [0.29, 0.717) is 16.2 Å². The standard InChI is InChI=1S/C13H16ClN3OS/c1-17(8-12(18)15-10-6-7-10)13(19)16-11-4-2-9(14)3-5-11/h2-5,10H,6-8H2,1H3,(H,15,18)(H,16,19). The molecule has 0 radical (unpaired) electrons. The van der Waals surface area contributed by atoms with Gasteiger partial charge in [0.05, 0.1) is 6.54 Å². The van der Waals surface area contributed by atoms with E-state index in [0.717, 1.165) is 18.5 Å². The fourth-order valence-corrected chi connectivity index (χ4v) is 1.85. The summed E-state index contributed by atoms with van der Waals surface area (Å²) < 4.78 is 0. The number of thiocarbonyl (C=S) groups is 1. The predicted octanol–water partition coefficient (Wildman–Crippen LogP) is 2.25. The molecule has 1 fully saturated rings. The zero-order chi connectivity index (χ0) is 13.8. The summed E-state index contributed by atoms with van der Waals surface area (Å²) in [6.07, 6.45) is 2.17. The van der Waals surface area contributed by atoms with Gasteiger partial charge in [-0.25, -0.2) is 0 Å². The van der Waals surface area contributed by atoms with Gasteiger partial charge in [-0.1, -0.05) is 11.6 Å². The lowest BCUT2D eigenvalue weighted by molar-refractivity contribution is -0.121. The molecule has 2 N–H and O–H groups in total. The first kappa shape index (κ1) is 14.1. The van der Waals surface area contributed by atoms with Gasteiger partial charge in [0.15, 0.2) is 5.11 Å². The minimum atomic E-state index is 0.00487. The van der Waals surface area contributed by atoms with Gasteiger partial charge in [-0.2, -0.15) is 0 Å². The van der Waals surface area contributed by atoms with E-state index < -0.39 is 0 Å². The van der Waals surface area contributed by atoms with Crippen molar-refractivity contribution in [2.45, 2.75) is 18.9 Å². The van der Waals surface area contributed by atoms with Crippen LogP contribution in [0.1, 0.15) is 12.8 Å². The van der Waals surface area contributed by atoms with Crippen LogP contribution in [0.2, 0.25) is 5.02 Å². The Bertz CT molecular complexity index is 473. The van der Waals surface area contributed by atoms with Crippen molar-refractivity contribution in [3.63, 3.8) is 0 Å². The van der Waals surface area contributed by atoms with Crippen molar-refractivity contribution < 1.29 is 4.79 Å². The van der Waals surface area contributed by atoms with Crippen molar-refractivity contribution in [2.24, 2.45) is 0 Å². The molecule has 0 aromatic heterocycles. The van der Waals surface area contributed by atoms with Crippen LogP contribution in [0.15, 0.2) is 24.3 Å². The quantitative estimate of drug-likeness (QED) is 0.837. The third kappa shape index (κ3) is 4.69. The molecule has 0 atom stereocenters. The molecule has 0 spiro atoms. The van der Waals surface area contributed by atoms with Crippen molar-refractivity contribution in [2.75, 3.05) is 18.9 Å². The predicted molar refractivity (Wildman–Crippen MR) is 81.5 cm³/mol. The highest BCUT2D eigenvalue weighted by Crippen LogP contribution is 2.18. The largest absolute Gasteiger partial charge is 0.352 e. The molecule has 1 amide bonds. The van der Waals surface area contributed by atoms with Crippen LogP contribution in [0.5, 0.6) is 0 Å². The Hall–Kier alpha value is -1.33. The van der Waals surface area contributed by atoms with E-state index in [9.17, 15) is 4.79 Å². The van der Waals surface area contributed by atoms with Crippen molar-refractivity contribution in [1.29, 1.82) is 0 Å². The Morgan fingerprint density at radius 3 is 2.63 bits per heavy atom. The molecular weight excluding hydrogens is 282 g/mol. The number of amides is 1. The van der Waals surface area contributed by atoms with Gasteiger partial charge in [0.1, 0.15) is 0 Å². The lowest BCUT2D eigenvalue weighted by Crippen LogP contribution is -2.40. The second kappa shape index (κ2) is 6.21. The van der Waals surface area contributed by atoms with Crippen LogP contribution in [0.3, 0.4) is 0 Å². The van der Waals surface area contributed by atoms with Gasteiger partial charge in [-0.05, 0) is 49.3 Å². The number of benzene rings is 1. The molecule has 0 aliphatic heterocycles. The first-order chi connectivity index (χ1) is 9.04. The molecule has 19 heavy (non-hydrogen) atoms. The molecule has 4 nitrogen and oxygen atoms in total. The average molecular weight is 298 g/mol. The highest BCUT2D eigenvalue weighted by molar-refractivity contribution is 7.80. The summed E-state index contributed by atoms with van der Waals surface area (Å²) in [7, 11) is 1.79. The maximum atomic E-state index is 11.6. The number of nitrogens with zero attached hydrogens (tertiary/aromatic N) is 1. The van der Waals surface area contributed by atoms with Crippen molar-refractivity contribution in [3.05, 3.63) is 29.3 Å². The monoisotopic (exact) mass is 297 g/mol. The third-order valence-electron chi connectivity index (χ3n) is 2.77. The Morgan fingerprint density at radius 1 is 1.42 bits per heavy atom. The molecule has 1 aromatic carbocycles. The molecule has 1 aliphatic carbocycles. The molecule has 0 unspecified atom stereocenters. The summed E-state index contributed by atoms with van der Waals surface area (Å²) in [4.78, 5) is 13.4. The maximum Gasteiger partial charge on any atom is 0.239 e. The summed E-state index contributed by atoms with van der Waals surface area (Å²) in [5.41, 5.74) is 0.851. The van der Waals surface area contributed by atoms with E-state index in [-0.39, 0.29) is 12.5 Å². The van der Waals surface area contributed by atoms with Crippen LogP contribution in [-0.4, -0.2) is 35.6 Å². The van der Waals surface area contributed by atoms with Gasteiger partial charge in [-0.3, -0.25) is 4.79 Å². The zero-order valence-electron chi connectivity index (χ0n) is 10.6. The SMILES string of the molecule is CN(CC(=O)NC1CC1)C(=S)Nc1ccc(Cl)cc1. The first-order valence-electron chi connectivity index (χ1n) is 6.11. The van der Waals surface area contributed by atoms with Crippen LogP contribution in [0.25, 0.3) is 0 Å². The van der Waals surface area contributed by atoms with Gasteiger partial charge in [0.2, 0.25) is 5.91 Å². The highest BCUT2D eigenvalue weighted by atomic mass is 35.5. The first-order valence-corrected chi connectivity index (χ1v) is 6.90. The summed E-state index contributed by atoms with van der Waals surface area (Å²) in [5.74, 6) is 0.00487. The maximum absolute atomic E-state index is 11.6. The van der Waals surface area contributed by atoms with E-state index >= 15 is 0 Å². The Labute approximate surface area is 123 Å². The molecular formula is C13H16ClN3OS. The topological polar surface area (TPSA) is 44.4 Å². The fourth-order valence-electron chi connectivity index (χ4n) is 1.54. The molecule has 102 valence electrons. The van der Waals surface area contributed by atoms with E-state index in [1.54, 1.807) is 24.1 Å². The molecule has 0 bridgehead atoms. The Morgan fingerprint density at radius 2 is 2.05 bits per heavy atom. The normalized spacial score (nSPS) is 13.8. The lowest BCUT2D eigenvalue weighted by Gasteiger charge is -2.20. The van der Waals surface area contributed by atoms with E-state index in [4.69, 9.17) is 23.8 Å². The summed E-state index contributed by atoms with van der Waals surface area (Å²) in [6, 6.07) is 7.62. The second-order valence-corrected chi connectivity index (χ2v) is 5.46. The lowest BCUT2D eigenvalue weighted by atomic mass is 10.3. The molecule has 0 heterocycles. The van der Waals surface area contributed by atoms with Gasteiger partial charge >= 0.3 is 0 Å². The number of nitrogens with one attached hydrogen (secondary N) is 2. The molecule has 0 saturated heterocycles. The van der Waals surface area contributed by atoms with Crippen molar-refractivity contribution in [1.82, 2.24) is 10.2 Å². The van der Waals surface area contributed by atoms with Crippen LogP contribution in [-0.2, 0) is 4.79 Å². The van der Waals surface area contributed by atoms with Gasteiger partial charge < -0.3 is 15.5 Å². The number of hydrogen-bond donors (Lipinski definition) is 2. The van der Waals surface area contributed by atoms with Gasteiger partial charge in [0, 0.05) is 23.8 Å². The average Bonchev–Trinajstić information content (AvgIpc) is 3.15. The molecule has 1 aromatic rings. The van der Waals surface area contributed by atoms with Gasteiger partial charge in [0.25, 0.3) is 0 Å². The van der Waals surface area contributed by atoms with Crippen LogP contribution in [0, 0.1) is 0 Å². The number of halogens is 1. The van der Waals surface area contributed by atoms with Crippen molar-refractivity contribution in [3.8, 4) is 0 Å². The van der Waals surface area contributed by atoms with E-state index in [1.807, 2.05) is 12.1 Å². The van der Waals surface area contributed by atoms with Crippen LogP contribution in [0.4, 0.5) is 5.69 Å². The van der Waals surface area contributed by atoms with Gasteiger partial charge in [-0.15, -0.1) is 0 Å². The number of anilines is 1. The summed E-state index contributed by atoms with van der Waals surface area (Å²) in [6.45, 7) is 0.260. The molecule has 2 rings (SSSR count). The highest BCUT2D eigenvalue weighted by Gasteiger charge is 2.23. The van der Waals surface area contributed by atoms with E-state index in [2.05, 4.69) is 10.6 Å². The second-order valence-electron chi connectivity index (χ2n) is 4.63. The fraction of sp³-hybridized carbons (Fsp3) is 0.385. The molecule has 1 aliphatic rings. The van der Waals surface area contributed by atoms with Crippen LogP contribution >= 0.6 is 23.8 Å². The number of rotatable bonds is 4. The minimum Gasteiger partial charge on any atom is -0.352 e.